The molecule has 1 rings (SSSR count). The third kappa shape index (κ3) is 8.29. The van der Waals surface area contributed by atoms with Crippen molar-refractivity contribution in [1.82, 2.24) is 10.6 Å². The molecule has 0 aromatic carbocycles. The van der Waals surface area contributed by atoms with Gasteiger partial charge in [0.1, 0.15) is 0 Å². The van der Waals surface area contributed by atoms with E-state index in [4.69, 9.17) is 0 Å². The van der Waals surface area contributed by atoms with Crippen molar-refractivity contribution in [2.24, 2.45) is 10.9 Å². The number of guanidine groups is 1. The molecule has 0 aromatic heterocycles. The van der Waals surface area contributed by atoms with E-state index >= 15 is 0 Å². The van der Waals surface area contributed by atoms with Gasteiger partial charge in [-0.05, 0) is 38.5 Å². The third-order valence-corrected chi connectivity index (χ3v) is 3.66. The van der Waals surface area contributed by atoms with E-state index in [1.807, 2.05) is 0 Å². The number of halogens is 1. The van der Waals surface area contributed by atoms with Crippen LogP contribution in [0.4, 0.5) is 0 Å². The van der Waals surface area contributed by atoms with E-state index in [2.05, 4.69) is 36.4 Å². The topological polar surface area (TPSA) is 56.7 Å². The second kappa shape index (κ2) is 10.7. The fourth-order valence-corrected chi connectivity index (χ4v) is 2.20. The molecule has 1 aliphatic rings. The van der Waals surface area contributed by atoms with Crippen LogP contribution in [0.5, 0.6) is 0 Å². The second-order valence-electron chi connectivity index (χ2n) is 6.09. The number of rotatable bonds is 8. The number of aliphatic imine (C=N–C) groups is 1. The molecule has 20 heavy (non-hydrogen) atoms. The standard InChI is InChI=1S/C15H31N3O.HI/c1-4-16-14(17-11-6-5-8-13(2)3)18-12-15(19)9-7-10-15;/h13,19H,4-12H2,1-3H3,(H2,16,17,18);1H. The van der Waals surface area contributed by atoms with E-state index in [-0.39, 0.29) is 24.0 Å². The summed E-state index contributed by atoms with van der Waals surface area (Å²) < 4.78 is 0. The van der Waals surface area contributed by atoms with Crippen LogP contribution >= 0.6 is 24.0 Å². The first-order chi connectivity index (χ1) is 9.06. The number of hydrogen-bond donors (Lipinski definition) is 3. The van der Waals surface area contributed by atoms with E-state index in [0.717, 1.165) is 44.2 Å². The van der Waals surface area contributed by atoms with Gasteiger partial charge in [-0.25, -0.2) is 0 Å². The predicted molar refractivity (Wildman–Crippen MR) is 96.9 cm³/mol. The van der Waals surface area contributed by atoms with E-state index in [9.17, 15) is 5.11 Å². The average molecular weight is 397 g/mol. The van der Waals surface area contributed by atoms with Crippen LogP contribution in [0.1, 0.15) is 59.3 Å². The lowest BCUT2D eigenvalue weighted by atomic mass is 9.80. The van der Waals surface area contributed by atoms with Crippen LogP contribution in [-0.2, 0) is 0 Å². The maximum atomic E-state index is 10.0. The number of nitrogens with zero attached hydrogens (tertiary/aromatic N) is 1. The fraction of sp³-hybridized carbons (Fsp3) is 0.933. The SMILES string of the molecule is CCNC(=NCC1(O)CCC1)NCCCCC(C)C.I. The van der Waals surface area contributed by atoms with Crippen LogP contribution in [-0.4, -0.2) is 36.3 Å². The molecule has 1 aliphatic carbocycles. The maximum Gasteiger partial charge on any atom is 0.191 e. The van der Waals surface area contributed by atoms with Gasteiger partial charge in [0.25, 0.3) is 0 Å². The molecule has 0 radical (unpaired) electrons. The van der Waals surface area contributed by atoms with E-state index < -0.39 is 5.60 Å². The molecule has 0 aromatic rings. The number of unbranched alkanes of at least 4 members (excludes halogenated alkanes) is 1. The van der Waals surface area contributed by atoms with Gasteiger partial charge in [-0.15, -0.1) is 24.0 Å². The zero-order chi connectivity index (χ0) is 14.1. The van der Waals surface area contributed by atoms with Crippen molar-refractivity contribution >= 4 is 29.9 Å². The highest BCUT2D eigenvalue weighted by Gasteiger charge is 2.34. The molecule has 0 amide bonds. The lowest BCUT2D eigenvalue weighted by Gasteiger charge is -2.35. The van der Waals surface area contributed by atoms with Gasteiger partial charge in [0.2, 0.25) is 0 Å². The van der Waals surface area contributed by atoms with Crippen LogP contribution in [0.2, 0.25) is 0 Å². The summed E-state index contributed by atoms with van der Waals surface area (Å²) in [7, 11) is 0. The van der Waals surface area contributed by atoms with Crippen LogP contribution < -0.4 is 10.6 Å². The summed E-state index contributed by atoms with van der Waals surface area (Å²) in [5.74, 6) is 1.63. The summed E-state index contributed by atoms with van der Waals surface area (Å²) in [6.45, 7) is 8.92. The maximum absolute atomic E-state index is 10.0. The first-order valence-electron chi connectivity index (χ1n) is 7.80. The molecule has 4 nitrogen and oxygen atoms in total. The number of hydrogen-bond acceptors (Lipinski definition) is 2. The zero-order valence-corrected chi connectivity index (χ0v) is 15.6. The normalized spacial score (nSPS) is 17.4. The molecule has 0 aliphatic heterocycles. The van der Waals surface area contributed by atoms with Gasteiger partial charge in [-0.1, -0.05) is 26.7 Å². The molecule has 0 bridgehead atoms. The van der Waals surface area contributed by atoms with Crippen LogP contribution in [0.15, 0.2) is 4.99 Å². The summed E-state index contributed by atoms with van der Waals surface area (Å²) in [5, 5.41) is 16.6. The lowest BCUT2D eigenvalue weighted by Crippen LogP contribution is -2.43. The van der Waals surface area contributed by atoms with E-state index in [1.165, 1.54) is 19.3 Å². The first kappa shape index (κ1) is 20.0. The summed E-state index contributed by atoms with van der Waals surface area (Å²) in [5.41, 5.74) is -0.528. The Morgan fingerprint density at radius 2 is 1.95 bits per heavy atom. The van der Waals surface area contributed by atoms with Gasteiger partial charge in [0.15, 0.2) is 5.96 Å². The van der Waals surface area contributed by atoms with Gasteiger partial charge >= 0.3 is 0 Å². The van der Waals surface area contributed by atoms with Crippen LogP contribution in [0, 0.1) is 5.92 Å². The van der Waals surface area contributed by atoms with Crippen molar-refractivity contribution in [2.75, 3.05) is 19.6 Å². The molecule has 120 valence electrons. The summed E-state index contributed by atoms with van der Waals surface area (Å²) in [4.78, 5) is 4.48. The Morgan fingerprint density at radius 3 is 2.45 bits per heavy atom. The van der Waals surface area contributed by atoms with Crippen molar-refractivity contribution in [3.63, 3.8) is 0 Å². The molecule has 0 spiro atoms. The summed E-state index contributed by atoms with van der Waals surface area (Å²) in [6, 6.07) is 0. The number of nitrogens with one attached hydrogen (secondary N) is 2. The minimum atomic E-state index is -0.528. The zero-order valence-electron chi connectivity index (χ0n) is 13.2. The van der Waals surface area contributed by atoms with E-state index in [0.29, 0.717) is 6.54 Å². The minimum Gasteiger partial charge on any atom is -0.388 e. The molecule has 1 fully saturated rings. The lowest BCUT2D eigenvalue weighted by molar-refractivity contribution is -0.0236. The van der Waals surface area contributed by atoms with Gasteiger partial charge in [0, 0.05) is 13.1 Å². The Balaban J connectivity index is 0.00000361. The smallest absolute Gasteiger partial charge is 0.191 e. The summed E-state index contributed by atoms with van der Waals surface area (Å²) in [6.07, 6.45) is 6.63. The predicted octanol–water partition coefficient (Wildman–Crippen LogP) is 2.90. The van der Waals surface area contributed by atoms with Gasteiger partial charge in [0.05, 0.1) is 12.1 Å². The molecule has 0 unspecified atom stereocenters. The second-order valence-corrected chi connectivity index (χ2v) is 6.09. The van der Waals surface area contributed by atoms with E-state index in [1.54, 1.807) is 0 Å². The molecule has 0 heterocycles. The quantitative estimate of drug-likeness (QED) is 0.256. The Morgan fingerprint density at radius 1 is 1.25 bits per heavy atom. The molecule has 1 saturated carbocycles. The minimum absolute atomic E-state index is 0. The Bertz CT molecular complexity index is 278. The van der Waals surface area contributed by atoms with Gasteiger partial charge in [-0.3, -0.25) is 4.99 Å². The highest BCUT2D eigenvalue weighted by molar-refractivity contribution is 14.0. The van der Waals surface area contributed by atoms with Crippen molar-refractivity contribution in [1.29, 1.82) is 0 Å². The molecular weight excluding hydrogens is 365 g/mol. The van der Waals surface area contributed by atoms with Gasteiger partial charge < -0.3 is 15.7 Å². The molecule has 0 atom stereocenters. The van der Waals surface area contributed by atoms with Crippen molar-refractivity contribution in [3.8, 4) is 0 Å². The van der Waals surface area contributed by atoms with Crippen molar-refractivity contribution in [3.05, 3.63) is 0 Å². The highest BCUT2D eigenvalue weighted by atomic mass is 127. The Kier molecular flexibility index (Phi) is 10.6. The average Bonchev–Trinajstić information content (AvgIpc) is 2.32. The third-order valence-electron chi connectivity index (χ3n) is 3.66. The number of aliphatic hydroxyl groups is 1. The first-order valence-corrected chi connectivity index (χ1v) is 7.80. The molecule has 0 saturated heterocycles. The molecule has 3 N–H and O–H groups in total. The van der Waals surface area contributed by atoms with Gasteiger partial charge in [-0.2, -0.15) is 0 Å². The summed E-state index contributed by atoms with van der Waals surface area (Å²) >= 11 is 0. The molecular formula is C15H32IN3O. The Hall–Kier alpha value is -0.0400. The highest BCUT2D eigenvalue weighted by Crippen LogP contribution is 2.31. The molecule has 5 heteroatoms. The fourth-order valence-electron chi connectivity index (χ4n) is 2.20. The monoisotopic (exact) mass is 397 g/mol. The van der Waals surface area contributed by atoms with Crippen LogP contribution in [0.25, 0.3) is 0 Å². The van der Waals surface area contributed by atoms with Crippen molar-refractivity contribution in [2.45, 2.75) is 64.9 Å². The largest absolute Gasteiger partial charge is 0.388 e. The van der Waals surface area contributed by atoms with Crippen LogP contribution in [0.3, 0.4) is 0 Å². The van der Waals surface area contributed by atoms with Crippen molar-refractivity contribution < 1.29 is 5.11 Å². The Labute approximate surface area is 141 Å².